The maximum Gasteiger partial charge on any atom is 0.282 e. The maximum absolute atomic E-state index is 13.8. The number of imide groups is 1. The zero-order valence-electron chi connectivity index (χ0n) is 18.2. The quantitative estimate of drug-likeness (QED) is 0.555. The first-order valence-electron chi connectivity index (χ1n) is 10.9. The molecule has 3 aromatic rings. The Bertz CT molecular complexity index is 1240. The van der Waals surface area contributed by atoms with Crippen LogP contribution < -0.4 is 14.5 Å². The number of anilines is 2. The first kappa shape index (κ1) is 20.1. The first-order valence-corrected chi connectivity index (χ1v) is 10.9. The Balaban J connectivity index is 1.66. The number of benzene rings is 3. The monoisotopic (exact) mass is 424 g/mol. The first-order chi connectivity index (χ1) is 15.6. The summed E-state index contributed by atoms with van der Waals surface area (Å²) < 4.78 is 5.56. The number of fused-ring (bicyclic) bond motifs is 1. The van der Waals surface area contributed by atoms with Crippen LogP contribution in [0.5, 0.6) is 5.75 Å². The van der Waals surface area contributed by atoms with Crippen molar-refractivity contribution < 1.29 is 14.3 Å². The van der Waals surface area contributed by atoms with Crippen molar-refractivity contribution in [3.8, 4) is 5.75 Å². The molecular formula is C27H24N2O3. The second-order valence-corrected chi connectivity index (χ2v) is 7.94. The van der Waals surface area contributed by atoms with E-state index in [1.54, 1.807) is 0 Å². The van der Waals surface area contributed by atoms with Crippen molar-refractivity contribution in [3.05, 3.63) is 95.2 Å². The third kappa shape index (κ3) is 3.17. The van der Waals surface area contributed by atoms with E-state index in [9.17, 15) is 9.59 Å². The minimum atomic E-state index is -0.298. The average Bonchev–Trinajstić information content (AvgIpc) is 3.33. The fourth-order valence-electron chi connectivity index (χ4n) is 4.52. The van der Waals surface area contributed by atoms with Crippen molar-refractivity contribution in [3.63, 3.8) is 0 Å². The number of amides is 2. The molecule has 0 unspecified atom stereocenters. The number of rotatable bonds is 5. The van der Waals surface area contributed by atoms with Crippen LogP contribution in [-0.4, -0.2) is 25.0 Å². The summed E-state index contributed by atoms with van der Waals surface area (Å²) in [6.45, 7) is 5.07. The molecular weight excluding hydrogens is 400 g/mol. The molecule has 0 aliphatic carbocycles. The molecule has 5 nitrogen and oxygen atoms in total. The van der Waals surface area contributed by atoms with E-state index >= 15 is 0 Å². The van der Waals surface area contributed by atoms with Gasteiger partial charge in [0.2, 0.25) is 0 Å². The lowest BCUT2D eigenvalue weighted by molar-refractivity contribution is -0.120. The normalized spacial score (nSPS) is 15.6. The van der Waals surface area contributed by atoms with E-state index in [0.29, 0.717) is 35.7 Å². The van der Waals surface area contributed by atoms with Crippen molar-refractivity contribution in [2.24, 2.45) is 0 Å². The van der Waals surface area contributed by atoms with E-state index in [1.165, 1.54) is 10.5 Å². The van der Waals surface area contributed by atoms with Gasteiger partial charge in [-0.25, -0.2) is 4.90 Å². The van der Waals surface area contributed by atoms with E-state index in [1.807, 2.05) is 85.5 Å². The van der Waals surface area contributed by atoms with Crippen molar-refractivity contribution in [1.82, 2.24) is 0 Å². The molecule has 0 bridgehead atoms. The SMILES string of the molecule is CCOc1ccc(C2=C(N3CCc4ccccc43)C(=O)N(c3ccccc3C)C2=O)cc1. The predicted molar refractivity (Wildman–Crippen MR) is 126 cm³/mol. The van der Waals surface area contributed by atoms with Crippen molar-refractivity contribution >= 4 is 28.8 Å². The molecule has 0 N–H and O–H groups in total. The summed E-state index contributed by atoms with van der Waals surface area (Å²) in [4.78, 5) is 30.9. The van der Waals surface area contributed by atoms with E-state index in [-0.39, 0.29) is 11.8 Å². The minimum Gasteiger partial charge on any atom is -0.494 e. The smallest absolute Gasteiger partial charge is 0.282 e. The highest BCUT2D eigenvalue weighted by Crippen LogP contribution is 2.40. The fraction of sp³-hybridized carbons (Fsp3) is 0.185. The molecule has 2 aliphatic heterocycles. The van der Waals surface area contributed by atoms with Gasteiger partial charge >= 0.3 is 0 Å². The van der Waals surface area contributed by atoms with Crippen LogP contribution >= 0.6 is 0 Å². The number of aryl methyl sites for hydroxylation is 1. The summed E-state index contributed by atoms with van der Waals surface area (Å²) in [6.07, 6.45) is 0.835. The highest BCUT2D eigenvalue weighted by molar-refractivity contribution is 6.46. The Morgan fingerprint density at radius 1 is 0.844 bits per heavy atom. The molecule has 2 heterocycles. The van der Waals surface area contributed by atoms with Crippen LogP contribution in [0.4, 0.5) is 11.4 Å². The van der Waals surface area contributed by atoms with Crippen LogP contribution in [0.2, 0.25) is 0 Å². The topological polar surface area (TPSA) is 49.9 Å². The lowest BCUT2D eigenvalue weighted by Gasteiger charge is -2.22. The highest BCUT2D eigenvalue weighted by atomic mass is 16.5. The Morgan fingerprint density at radius 3 is 2.25 bits per heavy atom. The zero-order valence-corrected chi connectivity index (χ0v) is 18.2. The summed E-state index contributed by atoms with van der Waals surface area (Å²) in [5.41, 5.74) is 5.24. The Kier molecular flexibility index (Phi) is 5.02. The number of hydrogen-bond acceptors (Lipinski definition) is 4. The van der Waals surface area contributed by atoms with Gasteiger partial charge < -0.3 is 9.64 Å². The highest BCUT2D eigenvalue weighted by Gasteiger charge is 2.44. The van der Waals surface area contributed by atoms with Gasteiger partial charge in [-0.1, -0.05) is 48.5 Å². The third-order valence-corrected chi connectivity index (χ3v) is 6.03. The second-order valence-electron chi connectivity index (χ2n) is 7.94. The fourth-order valence-corrected chi connectivity index (χ4v) is 4.52. The van der Waals surface area contributed by atoms with Crippen LogP contribution in [-0.2, 0) is 16.0 Å². The van der Waals surface area contributed by atoms with E-state index in [2.05, 4.69) is 6.07 Å². The molecule has 0 spiro atoms. The molecule has 2 aliphatic rings. The lowest BCUT2D eigenvalue weighted by atomic mass is 10.0. The summed E-state index contributed by atoms with van der Waals surface area (Å²) in [5, 5.41) is 0. The van der Waals surface area contributed by atoms with Crippen molar-refractivity contribution in [2.75, 3.05) is 23.0 Å². The van der Waals surface area contributed by atoms with Gasteiger partial charge in [-0.2, -0.15) is 0 Å². The molecule has 5 heteroatoms. The summed E-state index contributed by atoms with van der Waals surface area (Å²) in [5.74, 6) is 0.148. The molecule has 160 valence electrons. The van der Waals surface area contributed by atoms with E-state index in [4.69, 9.17) is 4.74 Å². The van der Waals surface area contributed by atoms with Crippen LogP contribution in [0.1, 0.15) is 23.6 Å². The van der Waals surface area contributed by atoms with Crippen LogP contribution in [0.15, 0.2) is 78.5 Å². The van der Waals surface area contributed by atoms with Gasteiger partial charge in [-0.3, -0.25) is 9.59 Å². The predicted octanol–water partition coefficient (Wildman–Crippen LogP) is 4.74. The average molecular weight is 425 g/mol. The number of hydrogen-bond donors (Lipinski definition) is 0. The van der Waals surface area contributed by atoms with Gasteiger partial charge in [-0.15, -0.1) is 0 Å². The molecule has 0 atom stereocenters. The third-order valence-electron chi connectivity index (χ3n) is 6.03. The summed E-state index contributed by atoms with van der Waals surface area (Å²) >= 11 is 0. The summed E-state index contributed by atoms with van der Waals surface area (Å²) in [6, 6.07) is 22.9. The van der Waals surface area contributed by atoms with Gasteiger partial charge in [0.25, 0.3) is 11.8 Å². The lowest BCUT2D eigenvalue weighted by Crippen LogP contribution is -2.35. The van der Waals surface area contributed by atoms with Gasteiger partial charge in [0.05, 0.1) is 17.9 Å². The van der Waals surface area contributed by atoms with Crippen molar-refractivity contribution in [1.29, 1.82) is 0 Å². The number of para-hydroxylation sites is 2. The minimum absolute atomic E-state index is 0.287. The molecule has 0 fully saturated rings. The Morgan fingerprint density at radius 2 is 1.53 bits per heavy atom. The largest absolute Gasteiger partial charge is 0.494 e. The van der Waals surface area contributed by atoms with Gasteiger partial charge in [0.15, 0.2) is 0 Å². The molecule has 0 aromatic heterocycles. The molecule has 0 saturated carbocycles. The number of carbonyl (C=O) groups is 2. The van der Waals surface area contributed by atoms with E-state index < -0.39 is 0 Å². The Hall–Kier alpha value is -3.86. The van der Waals surface area contributed by atoms with Crippen LogP contribution in [0, 0.1) is 6.92 Å². The molecule has 0 saturated heterocycles. The van der Waals surface area contributed by atoms with Gasteiger partial charge in [0, 0.05) is 12.2 Å². The van der Waals surface area contributed by atoms with Gasteiger partial charge in [0.1, 0.15) is 11.4 Å². The molecule has 2 amide bonds. The number of carbonyl (C=O) groups excluding carboxylic acids is 2. The van der Waals surface area contributed by atoms with Gasteiger partial charge in [-0.05, 0) is 61.2 Å². The van der Waals surface area contributed by atoms with Crippen molar-refractivity contribution in [2.45, 2.75) is 20.3 Å². The molecule has 5 rings (SSSR count). The summed E-state index contributed by atoms with van der Waals surface area (Å²) in [7, 11) is 0. The van der Waals surface area contributed by atoms with Crippen LogP contribution in [0.3, 0.4) is 0 Å². The molecule has 32 heavy (non-hydrogen) atoms. The number of ether oxygens (including phenoxy) is 1. The standard InChI is InChI=1S/C27H24N2O3/c1-3-32-21-14-12-20(13-15-21)24-25(28-17-16-19-9-5-7-11-23(19)28)27(31)29(26(24)30)22-10-6-4-8-18(22)2/h4-15H,3,16-17H2,1-2H3. The zero-order chi connectivity index (χ0) is 22.2. The van der Waals surface area contributed by atoms with Crippen LogP contribution in [0.25, 0.3) is 5.57 Å². The molecule has 3 aromatic carbocycles. The number of nitrogens with zero attached hydrogens (tertiary/aromatic N) is 2. The second kappa shape index (κ2) is 8.00. The maximum atomic E-state index is 13.8. The Labute approximate surface area is 187 Å². The van der Waals surface area contributed by atoms with E-state index in [0.717, 1.165) is 23.4 Å². The molecule has 0 radical (unpaired) electrons.